The molecule has 146 valence electrons. The van der Waals surface area contributed by atoms with Gasteiger partial charge in [-0.1, -0.05) is 60.7 Å². The summed E-state index contributed by atoms with van der Waals surface area (Å²) in [5.41, 5.74) is 1.97. The van der Waals surface area contributed by atoms with Crippen molar-refractivity contribution in [3.8, 4) is 0 Å². The summed E-state index contributed by atoms with van der Waals surface area (Å²) in [7, 11) is 1.50. The fourth-order valence-corrected chi connectivity index (χ4v) is 3.13. The Morgan fingerprint density at radius 3 is 1.85 bits per heavy atom. The molecule has 27 heavy (non-hydrogen) atoms. The summed E-state index contributed by atoms with van der Waals surface area (Å²) in [5.74, 6) is 0. The number of rotatable bonds is 8. The van der Waals surface area contributed by atoms with Crippen molar-refractivity contribution in [2.75, 3.05) is 13.7 Å². The lowest BCUT2D eigenvalue weighted by Crippen LogP contribution is -2.60. The molecular formula is C21H26O6. The molecule has 5 atom stereocenters. The third kappa shape index (κ3) is 5.13. The van der Waals surface area contributed by atoms with Crippen LogP contribution in [0.1, 0.15) is 11.1 Å². The number of hydrogen-bond acceptors (Lipinski definition) is 6. The minimum atomic E-state index is -1.04. The van der Waals surface area contributed by atoms with Gasteiger partial charge in [0, 0.05) is 7.11 Å². The molecule has 6 heteroatoms. The maximum Gasteiger partial charge on any atom is 0.186 e. The van der Waals surface area contributed by atoms with Gasteiger partial charge < -0.3 is 29.2 Å². The highest BCUT2D eigenvalue weighted by atomic mass is 16.7. The predicted molar refractivity (Wildman–Crippen MR) is 98.8 cm³/mol. The zero-order chi connectivity index (χ0) is 19.1. The maximum absolute atomic E-state index is 10.6. The SMILES string of the molecule is COC1O[C@H](CO)[C@@H](O)[C@H](OCc2ccccc2)[C@H]1OCc1ccccc1. The van der Waals surface area contributed by atoms with Gasteiger partial charge in [-0.2, -0.15) is 0 Å². The summed E-state index contributed by atoms with van der Waals surface area (Å²) in [4.78, 5) is 0. The molecule has 0 bridgehead atoms. The molecule has 0 saturated carbocycles. The summed E-state index contributed by atoms with van der Waals surface area (Å²) in [5, 5.41) is 20.2. The fraction of sp³-hybridized carbons (Fsp3) is 0.429. The molecule has 1 saturated heterocycles. The highest BCUT2D eigenvalue weighted by Crippen LogP contribution is 2.28. The number of hydrogen-bond donors (Lipinski definition) is 2. The van der Waals surface area contributed by atoms with Crippen LogP contribution < -0.4 is 0 Å². The maximum atomic E-state index is 10.6. The first-order valence-corrected chi connectivity index (χ1v) is 9.01. The molecule has 2 aromatic rings. The lowest BCUT2D eigenvalue weighted by molar-refractivity contribution is -0.314. The van der Waals surface area contributed by atoms with Crippen LogP contribution in [0.4, 0.5) is 0 Å². The summed E-state index contributed by atoms with van der Waals surface area (Å²) in [6.07, 6.45) is -3.94. The molecule has 6 nitrogen and oxygen atoms in total. The van der Waals surface area contributed by atoms with Crippen molar-refractivity contribution in [1.82, 2.24) is 0 Å². The molecular weight excluding hydrogens is 348 g/mol. The number of aliphatic hydroxyl groups is 2. The van der Waals surface area contributed by atoms with Crippen LogP contribution in [0.5, 0.6) is 0 Å². The predicted octanol–water partition coefficient (Wildman–Crippen LogP) is 1.88. The lowest BCUT2D eigenvalue weighted by Gasteiger charge is -2.43. The van der Waals surface area contributed by atoms with E-state index in [0.29, 0.717) is 13.2 Å². The van der Waals surface area contributed by atoms with Gasteiger partial charge in [-0.25, -0.2) is 0 Å². The van der Waals surface area contributed by atoms with E-state index in [4.69, 9.17) is 18.9 Å². The Hall–Kier alpha value is -1.80. The minimum absolute atomic E-state index is 0.308. The quantitative estimate of drug-likeness (QED) is 0.735. The Morgan fingerprint density at radius 1 is 0.852 bits per heavy atom. The van der Waals surface area contributed by atoms with Crippen molar-refractivity contribution in [3.63, 3.8) is 0 Å². The molecule has 0 spiro atoms. The van der Waals surface area contributed by atoms with Crippen LogP contribution >= 0.6 is 0 Å². The first-order valence-electron chi connectivity index (χ1n) is 9.01. The highest BCUT2D eigenvalue weighted by Gasteiger charge is 2.46. The molecule has 1 aliphatic rings. The van der Waals surface area contributed by atoms with E-state index < -0.39 is 30.7 Å². The third-order valence-electron chi connectivity index (χ3n) is 4.60. The first-order chi connectivity index (χ1) is 13.2. The Kier molecular flexibility index (Phi) is 7.34. The Bertz CT molecular complexity index is 665. The second kappa shape index (κ2) is 9.94. The summed E-state index contributed by atoms with van der Waals surface area (Å²) in [6.45, 7) is 0.302. The van der Waals surface area contributed by atoms with Gasteiger partial charge >= 0.3 is 0 Å². The van der Waals surface area contributed by atoms with Gasteiger partial charge in [0.1, 0.15) is 24.4 Å². The van der Waals surface area contributed by atoms with E-state index in [1.807, 2.05) is 60.7 Å². The molecule has 2 N–H and O–H groups in total. The van der Waals surface area contributed by atoms with Crippen LogP contribution in [0.3, 0.4) is 0 Å². The molecule has 2 aromatic carbocycles. The van der Waals surface area contributed by atoms with E-state index in [9.17, 15) is 10.2 Å². The van der Waals surface area contributed by atoms with Gasteiger partial charge in [-0.05, 0) is 11.1 Å². The van der Waals surface area contributed by atoms with Crippen LogP contribution in [-0.2, 0) is 32.2 Å². The van der Waals surface area contributed by atoms with Gasteiger partial charge in [0.25, 0.3) is 0 Å². The zero-order valence-electron chi connectivity index (χ0n) is 15.3. The Labute approximate surface area is 159 Å². The highest BCUT2D eigenvalue weighted by molar-refractivity contribution is 5.14. The molecule has 0 amide bonds. The molecule has 0 radical (unpaired) electrons. The number of ether oxygens (including phenoxy) is 4. The van der Waals surface area contributed by atoms with Crippen molar-refractivity contribution in [2.24, 2.45) is 0 Å². The van der Waals surface area contributed by atoms with Crippen molar-refractivity contribution in [1.29, 1.82) is 0 Å². The van der Waals surface area contributed by atoms with Gasteiger partial charge in [0.15, 0.2) is 6.29 Å². The minimum Gasteiger partial charge on any atom is -0.394 e. The van der Waals surface area contributed by atoms with Crippen LogP contribution in [0.2, 0.25) is 0 Å². The van der Waals surface area contributed by atoms with Crippen LogP contribution in [-0.4, -0.2) is 54.6 Å². The monoisotopic (exact) mass is 374 g/mol. The lowest BCUT2D eigenvalue weighted by atomic mass is 9.98. The summed E-state index contributed by atoms with van der Waals surface area (Å²) >= 11 is 0. The van der Waals surface area contributed by atoms with Crippen LogP contribution in [0, 0.1) is 0 Å². The normalized spacial score (nSPS) is 28.2. The molecule has 0 aromatic heterocycles. The van der Waals surface area contributed by atoms with Crippen molar-refractivity contribution < 1.29 is 29.2 Å². The van der Waals surface area contributed by atoms with Crippen molar-refractivity contribution in [3.05, 3.63) is 71.8 Å². The van der Waals surface area contributed by atoms with Gasteiger partial charge in [0.05, 0.1) is 19.8 Å². The zero-order valence-corrected chi connectivity index (χ0v) is 15.3. The molecule has 1 unspecified atom stereocenters. The third-order valence-corrected chi connectivity index (χ3v) is 4.60. The van der Waals surface area contributed by atoms with E-state index >= 15 is 0 Å². The molecule has 0 aliphatic carbocycles. The second-order valence-corrected chi connectivity index (χ2v) is 6.47. The van der Waals surface area contributed by atoms with Crippen LogP contribution in [0.15, 0.2) is 60.7 Å². The van der Waals surface area contributed by atoms with E-state index in [1.54, 1.807) is 0 Å². The van der Waals surface area contributed by atoms with E-state index in [0.717, 1.165) is 11.1 Å². The average Bonchev–Trinajstić information content (AvgIpc) is 2.73. The molecule has 3 rings (SSSR count). The van der Waals surface area contributed by atoms with Gasteiger partial charge in [-0.15, -0.1) is 0 Å². The molecule has 1 fully saturated rings. The first kappa shape index (κ1) is 19.9. The van der Waals surface area contributed by atoms with Crippen LogP contribution in [0.25, 0.3) is 0 Å². The van der Waals surface area contributed by atoms with E-state index in [-0.39, 0.29) is 6.61 Å². The largest absolute Gasteiger partial charge is 0.394 e. The van der Waals surface area contributed by atoms with Gasteiger partial charge in [-0.3, -0.25) is 0 Å². The molecule has 1 heterocycles. The number of aliphatic hydroxyl groups excluding tert-OH is 2. The standard InChI is InChI=1S/C21H26O6/c1-24-21-20(26-14-16-10-6-3-7-11-16)19(18(23)17(12-22)27-21)25-13-15-8-4-2-5-9-15/h2-11,17-23H,12-14H2,1H3/t17-,18-,19+,20-,21?/m1/s1. The van der Waals surface area contributed by atoms with Crippen molar-refractivity contribution in [2.45, 2.75) is 43.9 Å². The number of benzene rings is 2. The average molecular weight is 374 g/mol. The fourth-order valence-electron chi connectivity index (χ4n) is 3.13. The molecule has 1 aliphatic heterocycles. The van der Waals surface area contributed by atoms with E-state index in [1.165, 1.54) is 7.11 Å². The smallest absolute Gasteiger partial charge is 0.186 e. The topological polar surface area (TPSA) is 77.4 Å². The summed E-state index contributed by atoms with van der Waals surface area (Å²) < 4.78 is 23.1. The van der Waals surface area contributed by atoms with E-state index in [2.05, 4.69) is 0 Å². The second-order valence-electron chi connectivity index (χ2n) is 6.47. The Balaban J connectivity index is 1.73. The Morgan fingerprint density at radius 2 is 1.37 bits per heavy atom. The number of methoxy groups -OCH3 is 1. The van der Waals surface area contributed by atoms with Gasteiger partial charge in [0.2, 0.25) is 0 Å². The van der Waals surface area contributed by atoms with Crippen molar-refractivity contribution >= 4 is 0 Å². The summed E-state index contributed by atoms with van der Waals surface area (Å²) in [6, 6.07) is 19.4.